The van der Waals surface area contributed by atoms with E-state index in [9.17, 15) is 4.79 Å². The molecule has 0 aliphatic carbocycles. The first-order valence-corrected chi connectivity index (χ1v) is 4.84. The first kappa shape index (κ1) is 12.4. The second kappa shape index (κ2) is 5.22. The first-order chi connectivity index (χ1) is 5.89. The van der Waals surface area contributed by atoms with Crippen LogP contribution < -0.4 is 0 Å². The Hall–Kier alpha value is -0.570. The maximum absolute atomic E-state index is 11.0. The number of hydrogen-bond acceptors (Lipinski definition) is 2. The molecule has 3 nitrogen and oxygen atoms in total. The van der Waals surface area contributed by atoms with Gasteiger partial charge in [-0.05, 0) is 18.3 Å². The minimum absolute atomic E-state index is 0.202. The molecule has 3 heteroatoms. The van der Waals surface area contributed by atoms with Crippen LogP contribution in [0.4, 0.5) is 0 Å². The van der Waals surface area contributed by atoms with Crippen molar-refractivity contribution in [2.45, 2.75) is 46.5 Å². The Bertz CT molecular complexity index is 164. The molecule has 0 spiro atoms. The van der Waals surface area contributed by atoms with Crippen LogP contribution in [0.15, 0.2) is 0 Å². The fourth-order valence-corrected chi connectivity index (χ4v) is 1.06. The summed E-state index contributed by atoms with van der Waals surface area (Å²) in [5, 5.41) is 9.46. The van der Waals surface area contributed by atoms with Crippen molar-refractivity contribution in [2.24, 2.45) is 5.41 Å². The molecule has 1 amide bonds. The van der Waals surface area contributed by atoms with E-state index in [4.69, 9.17) is 5.21 Å². The third-order valence-corrected chi connectivity index (χ3v) is 2.56. The van der Waals surface area contributed by atoms with Crippen molar-refractivity contribution in [3.8, 4) is 0 Å². The van der Waals surface area contributed by atoms with Gasteiger partial charge in [0, 0.05) is 13.5 Å². The SMILES string of the molecule is CCC(C)(C)CCCC(=O)N(C)O. The maximum atomic E-state index is 11.0. The van der Waals surface area contributed by atoms with Crippen molar-refractivity contribution in [1.82, 2.24) is 5.06 Å². The molecule has 1 N–H and O–H groups in total. The Morgan fingerprint density at radius 2 is 2.00 bits per heavy atom. The average molecular weight is 187 g/mol. The molecule has 0 heterocycles. The van der Waals surface area contributed by atoms with Gasteiger partial charge < -0.3 is 0 Å². The molecule has 0 rings (SSSR count). The van der Waals surface area contributed by atoms with Crippen molar-refractivity contribution in [2.75, 3.05) is 7.05 Å². The van der Waals surface area contributed by atoms with E-state index >= 15 is 0 Å². The molecular formula is C10H21NO2. The molecule has 0 saturated carbocycles. The minimum atomic E-state index is -0.202. The van der Waals surface area contributed by atoms with E-state index in [1.807, 2.05) is 0 Å². The van der Waals surface area contributed by atoms with Gasteiger partial charge in [-0.25, -0.2) is 5.06 Å². The lowest BCUT2D eigenvalue weighted by Gasteiger charge is -2.22. The Labute approximate surface area is 80.7 Å². The zero-order valence-corrected chi connectivity index (χ0v) is 9.13. The predicted molar refractivity (Wildman–Crippen MR) is 52.5 cm³/mol. The van der Waals surface area contributed by atoms with Crippen molar-refractivity contribution < 1.29 is 10.0 Å². The van der Waals surface area contributed by atoms with Gasteiger partial charge in [-0.1, -0.05) is 27.2 Å². The summed E-state index contributed by atoms with van der Waals surface area (Å²) >= 11 is 0. The lowest BCUT2D eigenvalue weighted by Crippen LogP contribution is -2.22. The van der Waals surface area contributed by atoms with Crippen LogP contribution in [-0.4, -0.2) is 23.2 Å². The molecule has 0 radical (unpaired) electrons. The summed E-state index contributed by atoms with van der Waals surface area (Å²) in [6.45, 7) is 6.54. The summed E-state index contributed by atoms with van der Waals surface area (Å²) in [7, 11) is 1.37. The van der Waals surface area contributed by atoms with Gasteiger partial charge in [-0.2, -0.15) is 0 Å². The Kier molecular flexibility index (Phi) is 4.99. The second-order valence-corrected chi connectivity index (χ2v) is 4.29. The van der Waals surface area contributed by atoms with E-state index in [0.29, 0.717) is 16.9 Å². The van der Waals surface area contributed by atoms with Crippen LogP contribution in [-0.2, 0) is 4.79 Å². The largest absolute Gasteiger partial charge is 0.286 e. The van der Waals surface area contributed by atoms with E-state index in [2.05, 4.69) is 20.8 Å². The van der Waals surface area contributed by atoms with Crippen molar-refractivity contribution in [3.63, 3.8) is 0 Å². The van der Waals surface area contributed by atoms with Crippen LogP contribution in [0.25, 0.3) is 0 Å². The number of rotatable bonds is 5. The topological polar surface area (TPSA) is 40.5 Å². The molecule has 0 bridgehead atoms. The van der Waals surface area contributed by atoms with E-state index in [1.165, 1.54) is 7.05 Å². The van der Waals surface area contributed by atoms with E-state index in [0.717, 1.165) is 19.3 Å². The van der Waals surface area contributed by atoms with Gasteiger partial charge in [0.15, 0.2) is 0 Å². The van der Waals surface area contributed by atoms with E-state index < -0.39 is 0 Å². The van der Waals surface area contributed by atoms with Crippen LogP contribution in [0, 0.1) is 5.41 Å². The number of hydroxylamine groups is 2. The molecule has 13 heavy (non-hydrogen) atoms. The molecule has 0 unspecified atom stereocenters. The van der Waals surface area contributed by atoms with Gasteiger partial charge in [0.1, 0.15) is 0 Å². The van der Waals surface area contributed by atoms with Crippen molar-refractivity contribution in [3.05, 3.63) is 0 Å². The summed E-state index contributed by atoms with van der Waals surface area (Å²) < 4.78 is 0. The van der Waals surface area contributed by atoms with Crippen LogP contribution in [0.3, 0.4) is 0 Å². The molecular weight excluding hydrogens is 166 g/mol. The quantitative estimate of drug-likeness (QED) is 0.530. The molecule has 0 aromatic carbocycles. The van der Waals surface area contributed by atoms with Gasteiger partial charge in [0.2, 0.25) is 5.91 Å². The number of amides is 1. The summed E-state index contributed by atoms with van der Waals surface area (Å²) in [4.78, 5) is 11.0. The van der Waals surface area contributed by atoms with Crippen LogP contribution in [0.2, 0.25) is 0 Å². The second-order valence-electron chi connectivity index (χ2n) is 4.29. The van der Waals surface area contributed by atoms with E-state index in [-0.39, 0.29) is 5.91 Å². The van der Waals surface area contributed by atoms with Crippen molar-refractivity contribution in [1.29, 1.82) is 0 Å². The predicted octanol–water partition coefficient (Wildman–Crippen LogP) is 2.44. The lowest BCUT2D eigenvalue weighted by atomic mass is 9.85. The van der Waals surface area contributed by atoms with Crippen LogP contribution in [0.1, 0.15) is 46.5 Å². The maximum Gasteiger partial charge on any atom is 0.245 e. The highest BCUT2D eigenvalue weighted by atomic mass is 16.5. The fourth-order valence-electron chi connectivity index (χ4n) is 1.06. The van der Waals surface area contributed by atoms with Crippen LogP contribution >= 0.6 is 0 Å². The zero-order chi connectivity index (χ0) is 10.5. The summed E-state index contributed by atoms with van der Waals surface area (Å²) in [6.07, 6.45) is 3.44. The van der Waals surface area contributed by atoms with Gasteiger partial charge in [0.25, 0.3) is 0 Å². The molecule has 0 aromatic rings. The molecule has 0 saturated heterocycles. The molecule has 0 aromatic heterocycles. The van der Waals surface area contributed by atoms with E-state index in [1.54, 1.807) is 0 Å². The fraction of sp³-hybridized carbons (Fsp3) is 0.900. The Morgan fingerprint density at radius 1 is 1.46 bits per heavy atom. The molecule has 0 aliphatic rings. The molecule has 0 fully saturated rings. The van der Waals surface area contributed by atoms with Gasteiger partial charge in [-0.3, -0.25) is 10.0 Å². The van der Waals surface area contributed by atoms with Gasteiger partial charge in [0.05, 0.1) is 0 Å². The summed E-state index contributed by atoms with van der Waals surface area (Å²) in [5.74, 6) is -0.202. The Morgan fingerprint density at radius 3 is 2.38 bits per heavy atom. The third kappa shape index (κ3) is 5.64. The number of nitrogens with zero attached hydrogens (tertiary/aromatic N) is 1. The first-order valence-electron chi connectivity index (χ1n) is 4.84. The average Bonchev–Trinajstić information content (AvgIpc) is 2.04. The van der Waals surface area contributed by atoms with Gasteiger partial charge in [-0.15, -0.1) is 0 Å². The standard InChI is InChI=1S/C10H21NO2/c1-5-10(2,3)8-6-7-9(12)11(4)13/h13H,5-8H2,1-4H3. The molecule has 78 valence electrons. The zero-order valence-electron chi connectivity index (χ0n) is 9.13. The normalized spacial score (nSPS) is 11.5. The minimum Gasteiger partial charge on any atom is -0.286 e. The Balaban J connectivity index is 3.62. The highest BCUT2D eigenvalue weighted by Gasteiger charge is 2.15. The third-order valence-electron chi connectivity index (χ3n) is 2.56. The smallest absolute Gasteiger partial charge is 0.245 e. The van der Waals surface area contributed by atoms with Gasteiger partial charge >= 0.3 is 0 Å². The number of carbonyl (C=O) groups excluding carboxylic acids is 1. The highest BCUT2D eigenvalue weighted by Crippen LogP contribution is 2.26. The summed E-state index contributed by atoms with van der Waals surface area (Å²) in [6, 6.07) is 0. The lowest BCUT2D eigenvalue weighted by molar-refractivity contribution is -0.159. The number of carbonyl (C=O) groups is 1. The molecule has 0 aliphatic heterocycles. The molecule has 0 atom stereocenters. The monoisotopic (exact) mass is 187 g/mol. The summed E-state index contributed by atoms with van der Waals surface area (Å²) in [5.41, 5.74) is 0.314. The highest BCUT2D eigenvalue weighted by molar-refractivity contribution is 5.74. The number of hydrogen-bond donors (Lipinski definition) is 1. The van der Waals surface area contributed by atoms with Crippen molar-refractivity contribution >= 4 is 5.91 Å². The van der Waals surface area contributed by atoms with Crippen LogP contribution in [0.5, 0.6) is 0 Å².